The maximum atomic E-state index is 5.98. The van der Waals surface area contributed by atoms with Crippen LogP contribution in [0.1, 0.15) is 11.5 Å². The van der Waals surface area contributed by atoms with Crippen LogP contribution < -0.4 is 0 Å². The van der Waals surface area contributed by atoms with E-state index in [4.69, 9.17) is 20.4 Å². The fourth-order valence-electron chi connectivity index (χ4n) is 2.25. The molecule has 0 N–H and O–H groups in total. The summed E-state index contributed by atoms with van der Waals surface area (Å²) in [6.07, 6.45) is 0. The average molecular weight is 385 g/mol. The Bertz CT molecular complexity index is 1030. The van der Waals surface area contributed by atoms with Crippen molar-refractivity contribution in [3.63, 3.8) is 0 Å². The molecule has 8 heteroatoms. The van der Waals surface area contributed by atoms with E-state index in [9.17, 15) is 0 Å². The van der Waals surface area contributed by atoms with Gasteiger partial charge in [-0.15, -0.1) is 20.4 Å². The maximum absolute atomic E-state index is 5.98. The molecule has 0 radical (unpaired) electrons. The summed E-state index contributed by atoms with van der Waals surface area (Å²) < 4.78 is 11.3. The van der Waals surface area contributed by atoms with Gasteiger partial charge in [0.1, 0.15) is 0 Å². The van der Waals surface area contributed by atoms with Crippen molar-refractivity contribution in [3.8, 4) is 22.9 Å². The van der Waals surface area contributed by atoms with Gasteiger partial charge in [-0.2, -0.15) is 0 Å². The van der Waals surface area contributed by atoms with Crippen LogP contribution in [0.25, 0.3) is 22.9 Å². The highest BCUT2D eigenvalue weighted by atomic mass is 35.5. The fourth-order valence-corrected chi connectivity index (χ4v) is 3.04. The summed E-state index contributed by atoms with van der Waals surface area (Å²) in [5.74, 6) is 1.84. The Morgan fingerprint density at radius 1 is 0.885 bits per heavy atom. The molecule has 6 nitrogen and oxygen atoms in total. The summed E-state index contributed by atoms with van der Waals surface area (Å²) in [4.78, 5) is 0. The Morgan fingerprint density at radius 2 is 1.65 bits per heavy atom. The highest BCUT2D eigenvalue weighted by Gasteiger charge is 2.13. The van der Waals surface area contributed by atoms with E-state index in [0.29, 0.717) is 33.7 Å². The highest BCUT2D eigenvalue weighted by Crippen LogP contribution is 2.27. The first-order valence-corrected chi connectivity index (χ1v) is 9.15. The largest absolute Gasteiger partial charge is 0.420 e. The number of hydrogen-bond acceptors (Lipinski definition) is 7. The normalized spacial score (nSPS) is 11.0. The van der Waals surface area contributed by atoms with Gasteiger partial charge >= 0.3 is 0 Å². The number of thioether (sulfide) groups is 1. The Balaban J connectivity index is 1.43. The maximum Gasteiger partial charge on any atom is 0.277 e. The van der Waals surface area contributed by atoms with Gasteiger partial charge in [-0.25, -0.2) is 0 Å². The molecular formula is C18H13ClN4O2S. The van der Waals surface area contributed by atoms with Gasteiger partial charge in [0, 0.05) is 16.1 Å². The average Bonchev–Trinajstić information content (AvgIpc) is 3.30. The predicted octanol–water partition coefficient (Wildman–Crippen LogP) is 5.04. The quantitative estimate of drug-likeness (QED) is 0.446. The van der Waals surface area contributed by atoms with Crippen LogP contribution in [0.3, 0.4) is 0 Å². The summed E-state index contributed by atoms with van der Waals surface area (Å²) in [7, 11) is 0. The van der Waals surface area contributed by atoms with Crippen LogP contribution in [0.5, 0.6) is 0 Å². The third-order valence-corrected chi connectivity index (χ3v) is 4.60. The molecule has 0 bridgehead atoms. The van der Waals surface area contributed by atoms with E-state index in [2.05, 4.69) is 20.4 Å². The number of aryl methyl sites for hydroxylation is 1. The van der Waals surface area contributed by atoms with Crippen LogP contribution in [0.15, 0.2) is 62.6 Å². The van der Waals surface area contributed by atoms with Crippen molar-refractivity contribution in [2.24, 2.45) is 0 Å². The first-order valence-electron chi connectivity index (χ1n) is 7.79. The topological polar surface area (TPSA) is 77.8 Å². The molecule has 0 atom stereocenters. The van der Waals surface area contributed by atoms with Gasteiger partial charge in [-0.3, -0.25) is 0 Å². The van der Waals surface area contributed by atoms with Crippen molar-refractivity contribution in [1.29, 1.82) is 0 Å². The standard InChI is InChI=1S/C18H13ClN4O2S/c1-11-5-7-12(8-6-11)16-21-20-15(24-16)10-26-18-23-22-17(25-18)13-3-2-4-14(19)9-13/h2-9H,10H2,1H3. The number of benzene rings is 2. The molecular weight excluding hydrogens is 372 g/mol. The zero-order chi connectivity index (χ0) is 17.9. The summed E-state index contributed by atoms with van der Waals surface area (Å²) in [5.41, 5.74) is 2.84. The van der Waals surface area contributed by atoms with E-state index in [1.54, 1.807) is 12.1 Å². The van der Waals surface area contributed by atoms with Gasteiger partial charge in [0.2, 0.25) is 17.7 Å². The van der Waals surface area contributed by atoms with Crippen molar-refractivity contribution in [1.82, 2.24) is 20.4 Å². The Morgan fingerprint density at radius 3 is 2.46 bits per heavy atom. The summed E-state index contributed by atoms with van der Waals surface area (Å²) in [6.45, 7) is 2.03. The minimum Gasteiger partial charge on any atom is -0.420 e. The smallest absolute Gasteiger partial charge is 0.277 e. The van der Waals surface area contributed by atoms with Crippen LogP contribution in [0.4, 0.5) is 0 Å². The highest BCUT2D eigenvalue weighted by molar-refractivity contribution is 7.98. The molecule has 4 rings (SSSR count). The van der Waals surface area contributed by atoms with Crippen molar-refractivity contribution >= 4 is 23.4 Å². The second-order valence-corrected chi connectivity index (χ2v) is 6.90. The second kappa shape index (κ2) is 7.31. The zero-order valence-electron chi connectivity index (χ0n) is 13.7. The first-order chi connectivity index (χ1) is 12.7. The van der Waals surface area contributed by atoms with E-state index in [0.717, 1.165) is 11.1 Å². The lowest BCUT2D eigenvalue weighted by Crippen LogP contribution is -1.80. The Kier molecular flexibility index (Phi) is 4.73. The van der Waals surface area contributed by atoms with Gasteiger partial charge in [0.15, 0.2) is 0 Å². The number of rotatable bonds is 5. The lowest BCUT2D eigenvalue weighted by Gasteiger charge is -1.95. The molecule has 2 heterocycles. The molecule has 4 aromatic rings. The van der Waals surface area contributed by atoms with Crippen LogP contribution >= 0.6 is 23.4 Å². The number of halogens is 1. The molecule has 0 saturated heterocycles. The van der Waals surface area contributed by atoms with Crippen molar-refractivity contribution in [2.45, 2.75) is 17.9 Å². The van der Waals surface area contributed by atoms with Crippen molar-refractivity contribution in [2.75, 3.05) is 0 Å². The van der Waals surface area contributed by atoms with E-state index in [1.807, 2.05) is 43.3 Å². The van der Waals surface area contributed by atoms with Gasteiger partial charge < -0.3 is 8.83 Å². The van der Waals surface area contributed by atoms with E-state index in [1.165, 1.54) is 17.3 Å². The lowest BCUT2D eigenvalue weighted by molar-refractivity contribution is 0.464. The molecule has 0 fully saturated rings. The third kappa shape index (κ3) is 3.79. The molecule has 2 aromatic carbocycles. The number of hydrogen-bond donors (Lipinski definition) is 0. The predicted molar refractivity (Wildman–Crippen MR) is 98.8 cm³/mol. The van der Waals surface area contributed by atoms with Gasteiger partial charge in [0.25, 0.3) is 5.22 Å². The van der Waals surface area contributed by atoms with Crippen molar-refractivity contribution in [3.05, 3.63) is 65.0 Å². The molecule has 0 spiro atoms. The van der Waals surface area contributed by atoms with E-state index < -0.39 is 0 Å². The first kappa shape index (κ1) is 16.8. The van der Waals surface area contributed by atoms with Crippen LogP contribution in [0.2, 0.25) is 5.02 Å². The number of nitrogens with zero attached hydrogens (tertiary/aromatic N) is 4. The summed E-state index contributed by atoms with van der Waals surface area (Å²) in [5, 5.41) is 17.2. The SMILES string of the molecule is Cc1ccc(-c2nnc(CSc3nnc(-c4cccc(Cl)c4)o3)o2)cc1. The molecule has 0 saturated carbocycles. The molecule has 0 unspecified atom stereocenters. The number of aromatic nitrogens is 4. The van der Waals surface area contributed by atoms with Crippen LogP contribution in [0, 0.1) is 6.92 Å². The van der Waals surface area contributed by atoms with Gasteiger partial charge in [0.05, 0.1) is 5.75 Å². The second-order valence-electron chi connectivity index (χ2n) is 5.54. The van der Waals surface area contributed by atoms with E-state index in [-0.39, 0.29) is 0 Å². The minimum atomic E-state index is 0.417. The monoisotopic (exact) mass is 384 g/mol. The molecule has 2 aromatic heterocycles. The van der Waals surface area contributed by atoms with Crippen LogP contribution in [-0.4, -0.2) is 20.4 Å². The van der Waals surface area contributed by atoms with Gasteiger partial charge in [-0.1, -0.05) is 47.1 Å². The summed E-state index contributed by atoms with van der Waals surface area (Å²) in [6, 6.07) is 15.2. The minimum absolute atomic E-state index is 0.417. The molecule has 0 aliphatic carbocycles. The molecule has 0 amide bonds. The van der Waals surface area contributed by atoms with E-state index >= 15 is 0 Å². The Labute approximate surface area is 158 Å². The molecule has 26 heavy (non-hydrogen) atoms. The lowest BCUT2D eigenvalue weighted by atomic mass is 10.1. The molecule has 0 aliphatic heterocycles. The third-order valence-electron chi connectivity index (χ3n) is 3.56. The Hall–Kier alpha value is -2.64. The van der Waals surface area contributed by atoms with Crippen molar-refractivity contribution < 1.29 is 8.83 Å². The fraction of sp³-hybridized carbons (Fsp3) is 0.111. The molecule has 0 aliphatic rings. The van der Waals surface area contributed by atoms with Gasteiger partial charge in [-0.05, 0) is 37.3 Å². The molecule has 130 valence electrons. The zero-order valence-corrected chi connectivity index (χ0v) is 15.3. The summed E-state index contributed by atoms with van der Waals surface area (Å²) >= 11 is 7.32. The van der Waals surface area contributed by atoms with Crippen LogP contribution in [-0.2, 0) is 5.75 Å².